The van der Waals surface area contributed by atoms with Crippen molar-refractivity contribution in [2.24, 2.45) is 0 Å². The number of hydrogen-bond donors (Lipinski definition) is 2. The molecule has 7 heteroatoms. The minimum atomic E-state index is -1.07. The third kappa shape index (κ3) is 3.92. The predicted molar refractivity (Wildman–Crippen MR) is 69.0 cm³/mol. The van der Waals surface area contributed by atoms with E-state index in [1.807, 2.05) is 0 Å². The van der Waals surface area contributed by atoms with Gasteiger partial charge in [-0.2, -0.15) is 5.10 Å². The van der Waals surface area contributed by atoms with Gasteiger partial charge in [-0.3, -0.25) is 5.10 Å². The van der Waals surface area contributed by atoms with E-state index in [-0.39, 0.29) is 0 Å². The number of nitrogens with zero attached hydrogens (tertiary/aromatic N) is 2. The molecular weight excluding hydrogens is 269 g/mol. The monoisotopic (exact) mass is 279 g/mol. The molecule has 0 fully saturated rings. The molecule has 5 nitrogen and oxygen atoms in total. The van der Waals surface area contributed by atoms with Crippen LogP contribution in [0.15, 0.2) is 35.8 Å². The maximum atomic E-state index is 13.2. The summed E-state index contributed by atoms with van der Waals surface area (Å²) < 4.78 is 13.2. The Morgan fingerprint density at radius 3 is 3.05 bits per heavy atom. The Hall–Kier alpha value is -2.15. The first-order chi connectivity index (χ1) is 9.15. The molecular formula is C12H10FN3O2S. The number of aromatic nitrogens is 3. The third-order valence-corrected chi connectivity index (χ3v) is 3.20. The summed E-state index contributed by atoms with van der Waals surface area (Å²) in [6, 6.07) is 4.27. The highest BCUT2D eigenvalue weighted by molar-refractivity contribution is 7.98. The van der Waals surface area contributed by atoms with E-state index in [0.29, 0.717) is 16.5 Å². The molecule has 0 aliphatic heterocycles. The van der Waals surface area contributed by atoms with E-state index in [1.165, 1.54) is 36.3 Å². The van der Waals surface area contributed by atoms with Gasteiger partial charge in [-0.15, -0.1) is 0 Å². The largest absolute Gasteiger partial charge is 0.478 e. The second-order valence-corrected chi connectivity index (χ2v) is 4.56. The Balaban J connectivity index is 2.16. The lowest BCUT2D eigenvalue weighted by Crippen LogP contribution is -1.91. The number of nitrogens with one attached hydrogen (secondary N) is 1. The van der Waals surface area contributed by atoms with Crippen LogP contribution in [0.4, 0.5) is 4.39 Å². The zero-order valence-electron chi connectivity index (χ0n) is 9.71. The van der Waals surface area contributed by atoms with Gasteiger partial charge in [0, 0.05) is 11.8 Å². The number of rotatable bonds is 5. The Morgan fingerprint density at radius 1 is 1.53 bits per heavy atom. The lowest BCUT2D eigenvalue weighted by atomic mass is 10.1. The van der Waals surface area contributed by atoms with Gasteiger partial charge >= 0.3 is 5.97 Å². The van der Waals surface area contributed by atoms with E-state index in [0.717, 1.165) is 11.6 Å². The van der Waals surface area contributed by atoms with Gasteiger partial charge in [0.1, 0.15) is 12.1 Å². The number of carbonyl (C=O) groups is 1. The summed E-state index contributed by atoms with van der Waals surface area (Å²) in [7, 11) is 0. The lowest BCUT2D eigenvalue weighted by molar-refractivity contribution is -0.131. The van der Waals surface area contributed by atoms with Gasteiger partial charge in [-0.05, 0) is 29.3 Å². The summed E-state index contributed by atoms with van der Waals surface area (Å²) >= 11 is 1.40. The summed E-state index contributed by atoms with van der Waals surface area (Å²) in [4.78, 5) is 14.5. The van der Waals surface area contributed by atoms with Crippen molar-refractivity contribution >= 4 is 23.8 Å². The zero-order chi connectivity index (χ0) is 13.7. The molecule has 0 spiro atoms. The van der Waals surface area contributed by atoms with Crippen LogP contribution in [0.2, 0.25) is 0 Å². The summed E-state index contributed by atoms with van der Waals surface area (Å²) in [5.41, 5.74) is 1.36. The van der Waals surface area contributed by atoms with Crippen LogP contribution in [-0.4, -0.2) is 26.3 Å². The second-order valence-electron chi connectivity index (χ2n) is 3.59. The number of thioether (sulfide) groups is 1. The summed E-state index contributed by atoms with van der Waals surface area (Å²) in [5.74, 6) is -0.939. The Bertz CT molecular complexity index is 599. The molecule has 19 heavy (non-hydrogen) atoms. The third-order valence-electron chi connectivity index (χ3n) is 2.27. The minimum Gasteiger partial charge on any atom is -0.478 e. The number of carboxylic acid groups (broad SMARTS) is 1. The maximum Gasteiger partial charge on any atom is 0.328 e. The number of hydrogen-bond acceptors (Lipinski definition) is 4. The summed E-state index contributed by atoms with van der Waals surface area (Å²) in [6.45, 7) is 0. The molecule has 1 heterocycles. The number of H-pyrrole nitrogens is 1. The van der Waals surface area contributed by atoms with Gasteiger partial charge in [0.05, 0.1) is 0 Å². The Kier molecular flexibility index (Phi) is 4.30. The Labute approximate surface area is 112 Å². The van der Waals surface area contributed by atoms with Gasteiger partial charge in [0.15, 0.2) is 5.16 Å². The summed E-state index contributed by atoms with van der Waals surface area (Å²) in [6.07, 6.45) is 3.76. The standard InChI is InChI=1S/C12H10FN3O2S/c13-10-3-1-9(6-19-12-14-7-15-16-12)8(5-10)2-4-11(17)18/h1-5,7H,6H2,(H,17,18)(H,14,15,16)/b4-2+. The van der Waals surface area contributed by atoms with Crippen LogP contribution in [-0.2, 0) is 10.5 Å². The number of carboxylic acids is 1. The predicted octanol–water partition coefficient (Wildman–Crippen LogP) is 2.33. The van der Waals surface area contributed by atoms with Gasteiger partial charge < -0.3 is 5.11 Å². The molecule has 1 aromatic heterocycles. The highest BCUT2D eigenvalue weighted by Gasteiger charge is 2.05. The van der Waals surface area contributed by atoms with E-state index in [9.17, 15) is 9.18 Å². The molecule has 2 aromatic rings. The fourth-order valence-corrected chi connectivity index (χ4v) is 2.22. The normalized spacial score (nSPS) is 11.0. The molecule has 0 bridgehead atoms. The van der Waals surface area contributed by atoms with Crippen LogP contribution in [0.25, 0.3) is 6.08 Å². The number of aliphatic carboxylic acids is 1. The van der Waals surface area contributed by atoms with E-state index in [2.05, 4.69) is 15.2 Å². The molecule has 2 N–H and O–H groups in total. The quantitative estimate of drug-likeness (QED) is 0.648. The van der Waals surface area contributed by atoms with Crippen LogP contribution in [0.1, 0.15) is 11.1 Å². The molecule has 98 valence electrons. The topological polar surface area (TPSA) is 78.9 Å². The van der Waals surface area contributed by atoms with E-state index < -0.39 is 11.8 Å². The average molecular weight is 279 g/mol. The second kappa shape index (κ2) is 6.14. The number of benzene rings is 1. The van der Waals surface area contributed by atoms with E-state index >= 15 is 0 Å². The van der Waals surface area contributed by atoms with Crippen LogP contribution >= 0.6 is 11.8 Å². The minimum absolute atomic E-state index is 0.404. The van der Waals surface area contributed by atoms with Gasteiger partial charge in [0.2, 0.25) is 0 Å². The molecule has 2 rings (SSSR count). The molecule has 0 saturated carbocycles. The molecule has 1 aromatic carbocycles. The van der Waals surface area contributed by atoms with Gasteiger partial charge in [-0.1, -0.05) is 17.8 Å². The molecule has 0 saturated heterocycles. The first-order valence-corrected chi connectivity index (χ1v) is 6.31. The van der Waals surface area contributed by atoms with Crippen molar-refractivity contribution in [1.82, 2.24) is 15.2 Å². The highest BCUT2D eigenvalue weighted by Crippen LogP contribution is 2.22. The number of aromatic amines is 1. The van der Waals surface area contributed by atoms with Crippen LogP contribution in [0.5, 0.6) is 0 Å². The molecule has 0 unspecified atom stereocenters. The van der Waals surface area contributed by atoms with Crippen molar-refractivity contribution in [3.8, 4) is 0 Å². The zero-order valence-corrected chi connectivity index (χ0v) is 10.5. The summed E-state index contributed by atoms with van der Waals surface area (Å²) in [5, 5.41) is 15.7. The lowest BCUT2D eigenvalue weighted by Gasteiger charge is -2.04. The van der Waals surface area contributed by atoms with Gasteiger partial charge in [0.25, 0.3) is 0 Å². The van der Waals surface area contributed by atoms with Crippen LogP contribution in [0, 0.1) is 5.82 Å². The van der Waals surface area contributed by atoms with Crippen LogP contribution < -0.4 is 0 Å². The number of halogens is 1. The Morgan fingerprint density at radius 2 is 2.37 bits per heavy atom. The molecule has 0 aliphatic rings. The maximum absolute atomic E-state index is 13.2. The van der Waals surface area contributed by atoms with Gasteiger partial charge in [-0.25, -0.2) is 14.2 Å². The fourth-order valence-electron chi connectivity index (χ4n) is 1.42. The first-order valence-electron chi connectivity index (χ1n) is 5.33. The SMILES string of the molecule is O=C(O)/C=C/c1cc(F)ccc1CSc1ncn[nH]1. The fraction of sp³-hybridized carbons (Fsp3) is 0.0833. The molecule has 0 amide bonds. The average Bonchev–Trinajstić information content (AvgIpc) is 2.88. The van der Waals surface area contributed by atoms with Crippen LogP contribution in [0.3, 0.4) is 0 Å². The van der Waals surface area contributed by atoms with Crippen molar-refractivity contribution in [1.29, 1.82) is 0 Å². The van der Waals surface area contributed by atoms with E-state index in [1.54, 1.807) is 6.07 Å². The van der Waals surface area contributed by atoms with Crippen molar-refractivity contribution in [3.63, 3.8) is 0 Å². The smallest absolute Gasteiger partial charge is 0.328 e. The first kappa shape index (κ1) is 13.3. The van der Waals surface area contributed by atoms with E-state index in [4.69, 9.17) is 5.11 Å². The highest BCUT2D eigenvalue weighted by atomic mass is 32.2. The van der Waals surface area contributed by atoms with Crippen molar-refractivity contribution in [3.05, 3.63) is 47.5 Å². The van der Waals surface area contributed by atoms with Crippen molar-refractivity contribution < 1.29 is 14.3 Å². The molecule has 0 aliphatic carbocycles. The molecule has 0 atom stereocenters. The van der Waals surface area contributed by atoms with Crippen molar-refractivity contribution in [2.75, 3.05) is 0 Å². The molecule has 0 radical (unpaired) electrons. The van der Waals surface area contributed by atoms with Crippen molar-refractivity contribution in [2.45, 2.75) is 10.9 Å².